The molecule has 0 unspecified atom stereocenters. The molecule has 1 aliphatic rings. The molecule has 2 rings (SSSR count). The molecule has 1 atom stereocenters. The van der Waals surface area contributed by atoms with Crippen LogP contribution in [0.1, 0.15) is 37.9 Å². The Balaban J connectivity index is 2.34. The van der Waals surface area contributed by atoms with Crippen molar-refractivity contribution in [2.24, 2.45) is 5.41 Å². The molecular weight excluding hydrogens is 220 g/mol. The smallest absolute Gasteiger partial charge is 0.0400 e. The molecule has 0 saturated carbocycles. The fraction of sp³-hybridized carbons (Fsp3) is 0.625. The predicted octanol–water partition coefficient (Wildman–Crippen LogP) is 2.99. The van der Waals surface area contributed by atoms with Crippen molar-refractivity contribution >= 4 is 0 Å². The molecule has 0 spiro atoms. The molecule has 1 aliphatic heterocycles. The number of aryl methyl sites for hydroxylation is 1. The van der Waals surface area contributed by atoms with Gasteiger partial charge in [-0.1, -0.05) is 45.0 Å². The van der Waals surface area contributed by atoms with Gasteiger partial charge in [-0.25, -0.2) is 0 Å². The first-order valence-electron chi connectivity index (χ1n) is 7.00. The number of benzene rings is 1. The number of hydrogen-bond donors (Lipinski definition) is 1. The molecule has 0 aliphatic carbocycles. The van der Waals surface area contributed by atoms with Crippen molar-refractivity contribution in [1.82, 2.24) is 10.2 Å². The highest BCUT2D eigenvalue weighted by Gasteiger charge is 2.33. The molecule has 0 aromatic heterocycles. The zero-order valence-electron chi connectivity index (χ0n) is 12.2. The van der Waals surface area contributed by atoms with Gasteiger partial charge in [-0.3, -0.25) is 4.90 Å². The summed E-state index contributed by atoms with van der Waals surface area (Å²) >= 11 is 0. The summed E-state index contributed by atoms with van der Waals surface area (Å²) in [6, 6.07) is 9.35. The highest BCUT2D eigenvalue weighted by atomic mass is 15.2. The number of nitrogens with one attached hydrogen (secondary N) is 1. The molecule has 2 nitrogen and oxygen atoms in total. The Morgan fingerprint density at radius 3 is 2.28 bits per heavy atom. The molecule has 18 heavy (non-hydrogen) atoms. The van der Waals surface area contributed by atoms with Gasteiger partial charge < -0.3 is 5.32 Å². The molecule has 100 valence electrons. The fourth-order valence-corrected chi connectivity index (χ4v) is 3.04. The Kier molecular flexibility index (Phi) is 4.08. The van der Waals surface area contributed by atoms with Crippen LogP contribution in [0.5, 0.6) is 0 Å². The van der Waals surface area contributed by atoms with Gasteiger partial charge in [0, 0.05) is 32.2 Å². The van der Waals surface area contributed by atoms with Crippen molar-refractivity contribution in [3.05, 3.63) is 35.4 Å². The lowest BCUT2D eigenvalue weighted by Crippen LogP contribution is -2.48. The third-order valence-corrected chi connectivity index (χ3v) is 3.82. The fourth-order valence-electron chi connectivity index (χ4n) is 3.04. The summed E-state index contributed by atoms with van der Waals surface area (Å²) in [6.07, 6.45) is 0. The second-order valence-corrected chi connectivity index (χ2v) is 6.41. The molecular formula is C16H26N2. The van der Waals surface area contributed by atoms with Crippen molar-refractivity contribution < 1.29 is 0 Å². The van der Waals surface area contributed by atoms with E-state index in [1.165, 1.54) is 11.1 Å². The first kappa shape index (κ1) is 13.6. The highest BCUT2D eigenvalue weighted by molar-refractivity contribution is 5.30. The number of piperazine rings is 1. The van der Waals surface area contributed by atoms with Crippen LogP contribution in [0.2, 0.25) is 0 Å². The third kappa shape index (κ3) is 2.93. The molecule has 1 saturated heterocycles. The van der Waals surface area contributed by atoms with Crippen LogP contribution in [-0.4, -0.2) is 31.1 Å². The van der Waals surface area contributed by atoms with Gasteiger partial charge in [0.15, 0.2) is 0 Å². The van der Waals surface area contributed by atoms with Crippen molar-refractivity contribution in [3.63, 3.8) is 0 Å². The van der Waals surface area contributed by atoms with Crippen LogP contribution in [0, 0.1) is 12.3 Å². The average molecular weight is 246 g/mol. The minimum Gasteiger partial charge on any atom is -0.314 e. The molecule has 0 radical (unpaired) electrons. The van der Waals surface area contributed by atoms with Gasteiger partial charge in [-0.2, -0.15) is 0 Å². The minimum absolute atomic E-state index is 0.267. The maximum atomic E-state index is 3.45. The minimum atomic E-state index is 0.267. The van der Waals surface area contributed by atoms with E-state index >= 15 is 0 Å². The van der Waals surface area contributed by atoms with Crippen LogP contribution in [0.4, 0.5) is 0 Å². The quantitative estimate of drug-likeness (QED) is 0.863. The Morgan fingerprint density at radius 1 is 1.11 bits per heavy atom. The molecule has 1 fully saturated rings. The number of nitrogens with zero attached hydrogens (tertiary/aromatic N) is 1. The van der Waals surface area contributed by atoms with E-state index in [1.807, 2.05) is 0 Å². The summed E-state index contributed by atoms with van der Waals surface area (Å²) in [5.74, 6) is 0. The molecule has 1 N–H and O–H groups in total. The summed E-state index contributed by atoms with van der Waals surface area (Å²) < 4.78 is 0. The standard InChI is InChI=1S/C16H26N2/c1-13-7-5-6-8-14(13)15(16(2,3)4)18-11-9-17-10-12-18/h5-8,15,17H,9-12H2,1-4H3/t15-/m1/s1. The van der Waals surface area contributed by atoms with Gasteiger partial charge in [0.2, 0.25) is 0 Å². The van der Waals surface area contributed by atoms with Gasteiger partial charge in [0.05, 0.1) is 0 Å². The Morgan fingerprint density at radius 2 is 1.72 bits per heavy atom. The lowest BCUT2D eigenvalue weighted by molar-refractivity contribution is 0.0857. The van der Waals surface area contributed by atoms with E-state index in [1.54, 1.807) is 0 Å². The summed E-state index contributed by atoms with van der Waals surface area (Å²) in [5.41, 5.74) is 3.17. The van der Waals surface area contributed by atoms with Crippen LogP contribution < -0.4 is 5.32 Å². The van der Waals surface area contributed by atoms with Crippen LogP contribution in [0.15, 0.2) is 24.3 Å². The summed E-state index contributed by atoms with van der Waals surface area (Å²) in [5, 5.41) is 3.45. The van der Waals surface area contributed by atoms with Gasteiger partial charge >= 0.3 is 0 Å². The first-order valence-corrected chi connectivity index (χ1v) is 7.00. The van der Waals surface area contributed by atoms with E-state index in [9.17, 15) is 0 Å². The summed E-state index contributed by atoms with van der Waals surface area (Å²) in [7, 11) is 0. The summed E-state index contributed by atoms with van der Waals surface area (Å²) in [6.45, 7) is 13.8. The molecule has 1 aromatic carbocycles. The summed E-state index contributed by atoms with van der Waals surface area (Å²) in [4.78, 5) is 2.64. The normalized spacial score (nSPS) is 19.8. The molecule has 0 bridgehead atoms. The van der Waals surface area contributed by atoms with Gasteiger partial charge in [0.25, 0.3) is 0 Å². The SMILES string of the molecule is Cc1ccccc1[C@@H](N1CCNCC1)C(C)(C)C. The average Bonchev–Trinajstić information content (AvgIpc) is 2.32. The molecule has 0 amide bonds. The van der Waals surface area contributed by atoms with E-state index in [0.717, 1.165) is 26.2 Å². The lowest BCUT2D eigenvalue weighted by Gasteiger charge is -2.43. The van der Waals surface area contributed by atoms with E-state index in [0.29, 0.717) is 6.04 Å². The Hall–Kier alpha value is -0.860. The van der Waals surface area contributed by atoms with Crippen LogP contribution >= 0.6 is 0 Å². The predicted molar refractivity (Wildman–Crippen MR) is 77.8 cm³/mol. The van der Waals surface area contributed by atoms with Crippen LogP contribution in [0.25, 0.3) is 0 Å². The van der Waals surface area contributed by atoms with Crippen molar-refractivity contribution in [2.45, 2.75) is 33.7 Å². The van der Waals surface area contributed by atoms with Crippen molar-refractivity contribution in [2.75, 3.05) is 26.2 Å². The van der Waals surface area contributed by atoms with Gasteiger partial charge in [-0.15, -0.1) is 0 Å². The molecule has 1 aromatic rings. The van der Waals surface area contributed by atoms with E-state index < -0.39 is 0 Å². The first-order chi connectivity index (χ1) is 8.50. The second kappa shape index (κ2) is 5.41. The maximum Gasteiger partial charge on any atom is 0.0400 e. The zero-order chi connectivity index (χ0) is 13.2. The monoisotopic (exact) mass is 246 g/mol. The number of rotatable bonds is 2. The van der Waals surface area contributed by atoms with E-state index in [4.69, 9.17) is 0 Å². The molecule has 2 heteroatoms. The highest BCUT2D eigenvalue weighted by Crippen LogP contribution is 2.39. The van der Waals surface area contributed by atoms with E-state index in [2.05, 4.69) is 62.2 Å². The van der Waals surface area contributed by atoms with Crippen LogP contribution in [-0.2, 0) is 0 Å². The topological polar surface area (TPSA) is 15.3 Å². The van der Waals surface area contributed by atoms with E-state index in [-0.39, 0.29) is 5.41 Å². The van der Waals surface area contributed by atoms with Crippen molar-refractivity contribution in [1.29, 1.82) is 0 Å². The number of hydrogen-bond acceptors (Lipinski definition) is 2. The Bertz CT molecular complexity index is 386. The Labute approximate surface area is 111 Å². The van der Waals surface area contributed by atoms with Crippen molar-refractivity contribution in [3.8, 4) is 0 Å². The van der Waals surface area contributed by atoms with Crippen LogP contribution in [0.3, 0.4) is 0 Å². The lowest BCUT2D eigenvalue weighted by atomic mass is 9.79. The largest absolute Gasteiger partial charge is 0.314 e. The molecule has 1 heterocycles. The second-order valence-electron chi connectivity index (χ2n) is 6.41. The zero-order valence-corrected chi connectivity index (χ0v) is 12.2. The van der Waals surface area contributed by atoms with Gasteiger partial charge in [-0.05, 0) is 23.5 Å². The maximum absolute atomic E-state index is 3.45. The third-order valence-electron chi connectivity index (χ3n) is 3.82. The van der Waals surface area contributed by atoms with Gasteiger partial charge in [0.1, 0.15) is 0 Å².